The first-order valence-electron chi connectivity index (χ1n) is 9.66. The van der Waals surface area contributed by atoms with Gasteiger partial charge in [0.1, 0.15) is 0 Å². The van der Waals surface area contributed by atoms with Crippen molar-refractivity contribution in [2.45, 2.75) is 33.6 Å². The molecule has 6 heteroatoms. The van der Waals surface area contributed by atoms with Crippen LogP contribution in [0.5, 0.6) is 0 Å². The summed E-state index contributed by atoms with van der Waals surface area (Å²) in [5, 5.41) is 2.52. The summed E-state index contributed by atoms with van der Waals surface area (Å²) >= 11 is 7.52. The van der Waals surface area contributed by atoms with Crippen LogP contribution >= 0.6 is 23.4 Å². The average molecular weight is 419 g/mol. The van der Waals surface area contributed by atoms with Crippen molar-refractivity contribution >= 4 is 51.1 Å². The zero-order valence-corrected chi connectivity index (χ0v) is 18.4. The molecule has 1 atom stereocenters. The van der Waals surface area contributed by atoms with Crippen molar-refractivity contribution in [2.75, 3.05) is 19.4 Å². The first-order chi connectivity index (χ1) is 13.4. The van der Waals surface area contributed by atoms with Crippen molar-refractivity contribution in [1.29, 1.82) is 0 Å². The first-order valence-corrected chi connectivity index (χ1v) is 11.3. The minimum absolute atomic E-state index is 0.0437. The highest BCUT2D eigenvalue weighted by molar-refractivity contribution is 8.12. The van der Waals surface area contributed by atoms with Crippen molar-refractivity contribution in [1.82, 2.24) is 4.90 Å². The first kappa shape index (κ1) is 21.0. The highest BCUT2D eigenvalue weighted by Crippen LogP contribution is 2.39. The fourth-order valence-corrected chi connectivity index (χ4v) is 4.38. The number of benzene rings is 2. The average Bonchev–Trinajstić information content (AvgIpc) is 2.70. The predicted molar refractivity (Wildman–Crippen MR) is 120 cm³/mol. The number of nitrogens with zero attached hydrogens (tertiary/aromatic N) is 2. The maximum atomic E-state index is 12.7. The van der Waals surface area contributed by atoms with Gasteiger partial charge in [-0.3, -0.25) is 9.69 Å². The molecule has 0 aliphatic carbocycles. The van der Waals surface area contributed by atoms with E-state index < -0.39 is 0 Å². The van der Waals surface area contributed by atoms with E-state index in [1.54, 1.807) is 11.2 Å². The Balaban J connectivity index is 2.04. The normalized spacial score (nSPS) is 21.4. The monoisotopic (exact) mass is 418 g/mol. The highest BCUT2D eigenvalue weighted by atomic mass is 35.5. The number of carbonyl (C=O) groups excluding carboxylic acids is 1. The molecule has 0 saturated carbocycles. The van der Waals surface area contributed by atoms with E-state index in [-0.39, 0.29) is 10.7 Å². The molecule has 0 bridgehead atoms. The number of amides is 1. The van der Waals surface area contributed by atoms with Crippen molar-refractivity contribution in [2.24, 2.45) is 16.3 Å². The molecule has 0 N–H and O–H groups in total. The Morgan fingerprint density at radius 3 is 2.64 bits per heavy atom. The smallest absolute Gasteiger partial charge is 0.300 e. The van der Waals surface area contributed by atoms with Crippen LogP contribution in [-0.2, 0) is 4.74 Å². The Kier molecular flexibility index (Phi) is 6.56. The second kappa shape index (κ2) is 8.75. The molecule has 0 unspecified atom stereocenters. The summed E-state index contributed by atoms with van der Waals surface area (Å²) < 4.78 is 6.14. The van der Waals surface area contributed by atoms with Gasteiger partial charge < -0.3 is 4.74 Å². The maximum Gasteiger partial charge on any atom is 0.300 e. The Morgan fingerprint density at radius 1 is 1.29 bits per heavy atom. The second-order valence-corrected chi connectivity index (χ2v) is 8.78. The van der Waals surface area contributed by atoms with Crippen LogP contribution in [0.4, 0.5) is 10.5 Å². The molecule has 4 nitrogen and oxygen atoms in total. The molecule has 1 saturated heterocycles. The number of rotatable bonds is 4. The minimum Gasteiger partial charge on any atom is -0.464 e. The number of amidine groups is 1. The molecule has 1 amide bonds. The van der Waals surface area contributed by atoms with Gasteiger partial charge in [0.05, 0.1) is 12.3 Å². The number of halogens is 1. The van der Waals surface area contributed by atoms with Gasteiger partial charge in [-0.15, -0.1) is 0 Å². The number of hydrogen-bond acceptors (Lipinski definition) is 4. The van der Waals surface area contributed by atoms with E-state index in [1.807, 2.05) is 36.4 Å². The van der Waals surface area contributed by atoms with E-state index >= 15 is 0 Å². The fourth-order valence-electron chi connectivity index (χ4n) is 3.79. The largest absolute Gasteiger partial charge is 0.464 e. The fraction of sp³-hybridized carbons (Fsp3) is 0.455. The molecule has 1 heterocycles. The van der Waals surface area contributed by atoms with Crippen LogP contribution in [0.1, 0.15) is 33.6 Å². The molecule has 0 aromatic heterocycles. The third-order valence-electron chi connectivity index (χ3n) is 5.62. The van der Waals surface area contributed by atoms with Crippen LogP contribution in [0.3, 0.4) is 0 Å². The molecular formula is C22H27ClN2O2S. The topological polar surface area (TPSA) is 41.9 Å². The van der Waals surface area contributed by atoms with E-state index in [0.717, 1.165) is 29.3 Å². The molecule has 1 fully saturated rings. The van der Waals surface area contributed by atoms with Crippen molar-refractivity contribution in [3.05, 3.63) is 41.4 Å². The summed E-state index contributed by atoms with van der Waals surface area (Å²) in [5.74, 6) is 0.405. The van der Waals surface area contributed by atoms with Crippen molar-refractivity contribution in [3.63, 3.8) is 0 Å². The lowest BCUT2D eigenvalue weighted by Crippen LogP contribution is -2.54. The van der Waals surface area contributed by atoms with E-state index in [9.17, 15) is 4.79 Å². The van der Waals surface area contributed by atoms with Crippen LogP contribution in [-0.4, -0.2) is 35.6 Å². The van der Waals surface area contributed by atoms with E-state index in [4.69, 9.17) is 21.3 Å². The third kappa shape index (κ3) is 4.01. The number of ether oxygens (including phenoxy) is 1. The van der Waals surface area contributed by atoms with Gasteiger partial charge in [0.25, 0.3) is 11.3 Å². The summed E-state index contributed by atoms with van der Waals surface area (Å²) in [6, 6.07) is 12.0. The lowest BCUT2D eigenvalue weighted by molar-refractivity contribution is 0.0142. The van der Waals surface area contributed by atoms with Gasteiger partial charge in [-0.2, -0.15) is 4.99 Å². The molecule has 0 radical (unpaired) electrons. The van der Waals surface area contributed by atoms with Gasteiger partial charge in [0.2, 0.25) is 0 Å². The Labute approximate surface area is 176 Å². The predicted octanol–water partition coefficient (Wildman–Crippen LogP) is 6.74. The maximum absolute atomic E-state index is 12.7. The standard InChI is InChI=1S/C22H27ClN2O2S/c1-5-12-22(15(2)3)13-25(21(26)28-4)20(27-14-22)24-19-11-10-18(23)16-8-6-7-9-17(16)19/h6-11,15H,5,12-14H2,1-4H3/t22-/m0/s1. The SMILES string of the molecule is CCC[C@@]1(C(C)C)COC(=Nc2ccc(Cl)c3ccccc23)N(C(=O)SC)C1. The third-order valence-corrected chi connectivity index (χ3v) is 6.52. The van der Waals surface area contributed by atoms with Crippen molar-refractivity contribution < 1.29 is 9.53 Å². The quantitative estimate of drug-likeness (QED) is 0.552. The van der Waals surface area contributed by atoms with Crippen LogP contribution in [0.2, 0.25) is 5.02 Å². The van der Waals surface area contributed by atoms with Crippen LogP contribution in [0.15, 0.2) is 41.4 Å². The van der Waals surface area contributed by atoms with Gasteiger partial charge in [0.15, 0.2) is 0 Å². The van der Waals surface area contributed by atoms with E-state index in [0.29, 0.717) is 30.1 Å². The lowest BCUT2D eigenvalue weighted by Gasteiger charge is -2.45. The zero-order chi connectivity index (χ0) is 20.3. The second-order valence-electron chi connectivity index (χ2n) is 7.62. The molecule has 2 aromatic carbocycles. The summed E-state index contributed by atoms with van der Waals surface area (Å²) in [5.41, 5.74) is 0.697. The van der Waals surface area contributed by atoms with Gasteiger partial charge in [0, 0.05) is 27.8 Å². The van der Waals surface area contributed by atoms with Crippen LogP contribution in [0, 0.1) is 11.3 Å². The molecule has 2 aromatic rings. The number of thioether (sulfide) groups is 1. The molecule has 3 rings (SSSR count). The Hall–Kier alpha value is -1.72. The lowest BCUT2D eigenvalue weighted by atomic mass is 9.73. The molecule has 1 aliphatic rings. The summed E-state index contributed by atoms with van der Waals surface area (Å²) in [7, 11) is 0. The molecule has 150 valence electrons. The van der Waals surface area contributed by atoms with E-state index in [2.05, 4.69) is 20.8 Å². The van der Waals surface area contributed by atoms with Gasteiger partial charge >= 0.3 is 0 Å². The van der Waals surface area contributed by atoms with E-state index in [1.165, 1.54) is 11.8 Å². The molecule has 28 heavy (non-hydrogen) atoms. The summed E-state index contributed by atoms with van der Waals surface area (Å²) in [6.45, 7) is 7.78. The van der Waals surface area contributed by atoms with Crippen LogP contribution < -0.4 is 0 Å². The summed E-state index contributed by atoms with van der Waals surface area (Å²) in [6.07, 6.45) is 3.86. The zero-order valence-electron chi connectivity index (χ0n) is 16.9. The molecular weight excluding hydrogens is 392 g/mol. The van der Waals surface area contributed by atoms with Crippen LogP contribution in [0.25, 0.3) is 10.8 Å². The molecule has 0 spiro atoms. The van der Waals surface area contributed by atoms with Gasteiger partial charge in [-0.05, 0) is 30.7 Å². The van der Waals surface area contributed by atoms with Gasteiger partial charge in [-0.25, -0.2) is 0 Å². The number of aliphatic imine (C=N–C) groups is 1. The number of carbonyl (C=O) groups is 1. The number of fused-ring (bicyclic) bond motifs is 1. The minimum atomic E-state index is -0.0543. The Morgan fingerprint density at radius 2 is 2.00 bits per heavy atom. The summed E-state index contributed by atoms with van der Waals surface area (Å²) in [4.78, 5) is 19.2. The Bertz CT molecular complexity index is 899. The van der Waals surface area contributed by atoms with Gasteiger partial charge in [-0.1, -0.05) is 74.8 Å². The number of hydrogen-bond donors (Lipinski definition) is 0. The highest BCUT2D eigenvalue weighted by Gasteiger charge is 2.43. The molecule has 1 aliphatic heterocycles. The van der Waals surface area contributed by atoms with Crippen molar-refractivity contribution in [3.8, 4) is 0 Å².